The molecule has 0 aromatic carbocycles. The molecule has 102 valence electrons. The molecule has 2 N–H and O–H groups in total. The van der Waals surface area contributed by atoms with Gasteiger partial charge in [-0.2, -0.15) is 0 Å². The Morgan fingerprint density at radius 3 is 2.94 bits per heavy atom. The van der Waals surface area contributed by atoms with Crippen molar-refractivity contribution < 1.29 is 4.79 Å². The van der Waals surface area contributed by atoms with Gasteiger partial charge in [0.1, 0.15) is 0 Å². The molecule has 3 rings (SSSR count). The summed E-state index contributed by atoms with van der Waals surface area (Å²) in [4.78, 5) is 14.0. The average molecular weight is 251 g/mol. The number of piperidine rings is 3. The zero-order chi connectivity index (χ0) is 13.0. The van der Waals surface area contributed by atoms with Gasteiger partial charge in [0.15, 0.2) is 0 Å². The van der Waals surface area contributed by atoms with E-state index in [1.54, 1.807) is 0 Å². The first-order valence-electron chi connectivity index (χ1n) is 7.13. The Bertz CT molecular complexity index is 305. The lowest BCUT2D eigenvalue weighted by Gasteiger charge is -2.49. The number of carbonyl (C=O) groups excluding carboxylic acids is 1. The molecule has 3 aliphatic rings. The lowest BCUT2D eigenvalue weighted by Crippen LogP contribution is -2.57. The Labute approximate surface area is 110 Å². The highest BCUT2D eigenvalue weighted by atomic mass is 16.2. The molecule has 0 aromatic rings. The van der Waals surface area contributed by atoms with Crippen molar-refractivity contribution >= 4 is 6.03 Å². The number of amides is 2. The highest BCUT2D eigenvalue weighted by molar-refractivity contribution is 5.73. The Kier molecular flexibility index (Phi) is 4.64. The summed E-state index contributed by atoms with van der Waals surface area (Å²) in [5, 5.41) is 5.84. The molecule has 4 heteroatoms. The van der Waals surface area contributed by atoms with E-state index in [1.165, 1.54) is 19.4 Å². The third-order valence-electron chi connectivity index (χ3n) is 4.27. The second-order valence-electron chi connectivity index (χ2n) is 5.47. The van der Waals surface area contributed by atoms with Crippen LogP contribution in [0.15, 0.2) is 12.7 Å². The number of nitrogens with zero attached hydrogens (tertiary/aromatic N) is 1. The topological polar surface area (TPSA) is 44.4 Å². The largest absolute Gasteiger partial charge is 0.338 e. The molecule has 0 aliphatic carbocycles. The number of rotatable bonds is 5. The summed E-state index contributed by atoms with van der Waals surface area (Å²) < 4.78 is 0. The van der Waals surface area contributed by atoms with Crippen LogP contribution in [0.1, 0.15) is 26.2 Å². The Balaban J connectivity index is 1.75. The first-order chi connectivity index (χ1) is 8.74. The van der Waals surface area contributed by atoms with E-state index in [0.717, 1.165) is 32.0 Å². The maximum Gasteiger partial charge on any atom is 0.314 e. The van der Waals surface area contributed by atoms with Gasteiger partial charge in [0.25, 0.3) is 0 Å². The third-order valence-corrected chi connectivity index (χ3v) is 4.27. The van der Waals surface area contributed by atoms with E-state index in [4.69, 9.17) is 0 Å². The predicted molar refractivity (Wildman–Crippen MR) is 73.5 cm³/mol. The van der Waals surface area contributed by atoms with E-state index in [0.29, 0.717) is 12.0 Å². The van der Waals surface area contributed by atoms with Gasteiger partial charge in [-0.15, -0.1) is 6.58 Å². The fourth-order valence-corrected chi connectivity index (χ4v) is 3.17. The second kappa shape index (κ2) is 6.23. The third kappa shape index (κ3) is 3.05. The molecule has 18 heavy (non-hydrogen) atoms. The molecule has 3 fully saturated rings. The highest BCUT2D eigenvalue weighted by Crippen LogP contribution is 2.36. The Hall–Kier alpha value is -1.03. The van der Waals surface area contributed by atoms with Crippen LogP contribution < -0.4 is 10.6 Å². The Morgan fingerprint density at radius 2 is 2.33 bits per heavy atom. The van der Waals surface area contributed by atoms with Crippen molar-refractivity contribution in [1.82, 2.24) is 15.5 Å². The van der Waals surface area contributed by atoms with E-state index in [1.807, 2.05) is 0 Å². The van der Waals surface area contributed by atoms with Gasteiger partial charge >= 0.3 is 6.03 Å². The molecule has 3 saturated heterocycles. The van der Waals surface area contributed by atoms with Crippen LogP contribution in [0.5, 0.6) is 0 Å². The van der Waals surface area contributed by atoms with Crippen molar-refractivity contribution in [2.45, 2.75) is 32.2 Å². The van der Waals surface area contributed by atoms with Gasteiger partial charge in [-0.25, -0.2) is 4.79 Å². The van der Waals surface area contributed by atoms with Gasteiger partial charge in [0.2, 0.25) is 0 Å². The van der Waals surface area contributed by atoms with E-state index >= 15 is 0 Å². The van der Waals surface area contributed by atoms with Gasteiger partial charge in [-0.3, -0.25) is 4.90 Å². The summed E-state index contributed by atoms with van der Waals surface area (Å²) in [6.07, 6.45) is 5.57. The predicted octanol–water partition coefficient (Wildman–Crippen LogP) is 1.59. The molecule has 3 heterocycles. The minimum absolute atomic E-state index is 0.0280. The molecule has 3 aliphatic heterocycles. The summed E-state index contributed by atoms with van der Waals surface area (Å²) in [7, 11) is 0. The van der Waals surface area contributed by atoms with Crippen LogP contribution in [-0.4, -0.2) is 43.2 Å². The molecule has 0 saturated carbocycles. The minimum atomic E-state index is -0.0280. The van der Waals surface area contributed by atoms with Crippen molar-refractivity contribution in [3.8, 4) is 0 Å². The molecule has 4 nitrogen and oxygen atoms in total. The summed E-state index contributed by atoms with van der Waals surface area (Å²) in [6.45, 7) is 9.81. The SMILES string of the molecule is C=C[C@H]1CN2CC[C@@H]1C[C@@H]2CNC(=O)NCCC. The van der Waals surface area contributed by atoms with Gasteiger partial charge < -0.3 is 10.6 Å². The van der Waals surface area contributed by atoms with E-state index < -0.39 is 0 Å². The first kappa shape index (κ1) is 13.4. The summed E-state index contributed by atoms with van der Waals surface area (Å²) >= 11 is 0. The second-order valence-corrected chi connectivity index (χ2v) is 5.47. The molecule has 2 amide bonds. The first-order valence-corrected chi connectivity index (χ1v) is 7.13. The fourth-order valence-electron chi connectivity index (χ4n) is 3.17. The molecular formula is C14H25N3O. The van der Waals surface area contributed by atoms with Crippen molar-refractivity contribution in [3.63, 3.8) is 0 Å². The summed E-state index contributed by atoms with van der Waals surface area (Å²) in [5.74, 6) is 1.43. The quantitative estimate of drug-likeness (QED) is 0.729. The zero-order valence-corrected chi connectivity index (χ0v) is 11.3. The van der Waals surface area contributed by atoms with Crippen molar-refractivity contribution in [1.29, 1.82) is 0 Å². The molecule has 0 radical (unpaired) electrons. The normalized spacial score (nSPS) is 34.1. The number of hydrogen-bond donors (Lipinski definition) is 2. The summed E-state index contributed by atoms with van der Waals surface area (Å²) in [5.41, 5.74) is 0. The molecule has 0 spiro atoms. The average Bonchev–Trinajstić information content (AvgIpc) is 2.43. The van der Waals surface area contributed by atoms with Crippen LogP contribution in [0.2, 0.25) is 0 Å². The maximum atomic E-state index is 11.5. The van der Waals surface area contributed by atoms with Crippen LogP contribution in [0.3, 0.4) is 0 Å². The van der Waals surface area contributed by atoms with Gasteiger partial charge in [0.05, 0.1) is 0 Å². The van der Waals surface area contributed by atoms with Crippen LogP contribution in [0.4, 0.5) is 4.79 Å². The number of hydrogen-bond acceptors (Lipinski definition) is 2. The lowest BCUT2D eigenvalue weighted by atomic mass is 9.75. The van der Waals surface area contributed by atoms with Crippen LogP contribution >= 0.6 is 0 Å². The van der Waals surface area contributed by atoms with Crippen molar-refractivity contribution in [2.24, 2.45) is 11.8 Å². The standard InChI is InChI=1S/C14H25N3O/c1-3-6-15-14(18)16-9-13-8-12-5-7-17(13)10-11(12)4-2/h4,11-13H,2-3,5-10H2,1H3,(H2,15,16,18)/t11-,12+,13+/m0/s1. The number of carbonyl (C=O) groups is 1. The van der Waals surface area contributed by atoms with Crippen molar-refractivity contribution in [3.05, 3.63) is 12.7 Å². The van der Waals surface area contributed by atoms with Gasteiger partial charge in [0, 0.05) is 25.7 Å². The smallest absolute Gasteiger partial charge is 0.314 e. The molecule has 4 atom stereocenters. The maximum absolute atomic E-state index is 11.5. The zero-order valence-electron chi connectivity index (χ0n) is 11.3. The Morgan fingerprint density at radius 1 is 1.50 bits per heavy atom. The number of urea groups is 1. The summed E-state index contributed by atoms with van der Waals surface area (Å²) in [6, 6.07) is 0.493. The molecule has 1 unspecified atom stereocenters. The lowest BCUT2D eigenvalue weighted by molar-refractivity contribution is 0.0207. The van der Waals surface area contributed by atoms with Gasteiger partial charge in [-0.1, -0.05) is 13.0 Å². The van der Waals surface area contributed by atoms with E-state index in [-0.39, 0.29) is 6.03 Å². The monoisotopic (exact) mass is 251 g/mol. The van der Waals surface area contributed by atoms with Gasteiger partial charge in [-0.05, 0) is 37.6 Å². The fraction of sp³-hybridized carbons (Fsp3) is 0.786. The van der Waals surface area contributed by atoms with Crippen LogP contribution in [-0.2, 0) is 0 Å². The van der Waals surface area contributed by atoms with Crippen LogP contribution in [0, 0.1) is 11.8 Å². The number of nitrogens with one attached hydrogen (secondary N) is 2. The van der Waals surface area contributed by atoms with E-state index in [9.17, 15) is 4.79 Å². The number of fused-ring (bicyclic) bond motifs is 3. The highest BCUT2D eigenvalue weighted by Gasteiger charge is 2.38. The van der Waals surface area contributed by atoms with Crippen molar-refractivity contribution in [2.75, 3.05) is 26.2 Å². The van der Waals surface area contributed by atoms with Crippen LogP contribution in [0.25, 0.3) is 0 Å². The van der Waals surface area contributed by atoms with E-state index in [2.05, 4.69) is 35.1 Å². The molecular weight excluding hydrogens is 226 g/mol. The molecule has 2 bridgehead atoms. The molecule has 0 aromatic heterocycles. The minimum Gasteiger partial charge on any atom is -0.338 e.